The van der Waals surface area contributed by atoms with E-state index >= 15 is 0 Å². The van der Waals surface area contributed by atoms with Gasteiger partial charge in [-0.3, -0.25) is 4.79 Å². The van der Waals surface area contributed by atoms with E-state index < -0.39 is 5.97 Å². The highest BCUT2D eigenvalue weighted by Gasteiger charge is 2.11. The molecule has 1 aromatic carbocycles. The third kappa shape index (κ3) is 4.05. The molecule has 0 aliphatic rings. The summed E-state index contributed by atoms with van der Waals surface area (Å²) in [6, 6.07) is 6.88. The van der Waals surface area contributed by atoms with E-state index in [-0.39, 0.29) is 12.4 Å². The van der Waals surface area contributed by atoms with Gasteiger partial charge in [-0.15, -0.1) is 0 Å². The molecule has 0 aliphatic heterocycles. The summed E-state index contributed by atoms with van der Waals surface area (Å²) in [4.78, 5) is 22.3. The van der Waals surface area contributed by atoms with E-state index in [4.69, 9.17) is 9.47 Å². The molecule has 1 rings (SSSR count). The summed E-state index contributed by atoms with van der Waals surface area (Å²) in [7, 11) is 0. The lowest BCUT2D eigenvalue weighted by Gasteiger charge is -2.07. The minimum atomic E-state index is -0.504. The molecule has 4 nitrogen and oxygen atoms in total. The molecular weight excluding hydrogens is 232 g/mol. The van der Waals surface area contributed by atoms with Gasteiger partial charge in [0.15, 0.2) is 0 Å². The molecular formula is C14H16O4. The van der Waals surface area contributed by atoms with Crippen LogP contribution < -0.4 is 0 Å². The van der Waals surface area contributed by atoms with Crippen LogP contribution >= 0.6 is 0 Å². The lowest BCUT2D eigenvalue weighted by Crippen LogP contribution is -2.10. The molecule has 0 heterocycles. The number of hydrogen-bond acceptors (Lipinski definition) is 4. The SMILES string of the molecule is CCOC(=O)C(=Cc1cccc(C=O)c1)OCC. The summed E-state index contributed by atoms with van der Waals surface area (Å²) >= 11 is 0. The van der Waals surface area contributed by atoms with Gasteiger partial charge in [-0.25, -0.2) is 4.79 Å². The molecule has 0 saturated heterocycles. The van der Waals surface area contributed by atoms with Crippen molar-refractivity contribution in [3.63, 3.8) is 0 Å². The van der Waals surface area contributed by atoms with Gasteiger partial charge in [0.25, 0.3) is 0 Å². The number of benzene rings is 1. The summed E-state index contributed by atoms with van der Waals surface area (Å²) in [5.74, 6) is -0.363. The number of carbonyl (C=O) groups excluding carboxylic acids is 2. The molecule has 0 bridgehead atoms. The molecule has 0 amide bonds. The molecule has 0 N–H and O–H groups in total. The van der Waals surface area contributed by atoms with Crippen LogP contribution in [-0.4, -0.2) is 25.5 Å². The zero-order chi connectivity index (χ0) is 13.4. The normalized spacial score (nSPS) is 10.9. The monoisotopic (exact) mass is 248 g/mol. The summed E-state index contributed by atoms with van der Waals surface area (Å²) < 4.78 is 10.1. The maximum atomic E-state index is 11.6. The summed E-state index contributed by atoms with van der Waals surface area (Å²) in [5.41, 5.74) is 1.26. The molecule has 0 unspecified atom stereocenters. The first kappa shape index (κ1) is 14.0. The van der Waals surface area contributed by atoms with E-state index in [1.165, 1.54) is 0 Å². The Balaban J connectivity index is 2.99. The van der Waals surface area contributed by atoms with Gasteiger partial charge in [0.05, 0.1) is 13.2 Å². The molecule has 18 heavy (non-hydrogen) atoms. The second-order valence-electron chi connectivity index (χ2n) is 3.45. The highest BCUT2D eigenvalue weighted by atomic mass is 16.6. The van der Waals surface area contributed by atoms with Crippen molar-refractivity contribution in [1.82, 2.24) is 0 Å². The number of aldehydes is 1. The Morgan fingerprint density at radius 1 is 1.17 bits per heavy atom. The van der Waals surface area contributed by atoms with Gasteiger partial charge in [-0.1, -0.05) is 18.2 Å². The highest BCUT2D eigenvalue weighted by Crippen LogP contribution is 2.11. The van der Waals surface area contributed by atoms with Gasteiger partial charge in [0.2, 0.25) is 5.76 Å². The topological polar surface area (TPSA) is 52.6 Å². The molecule has 1 aromatic rings. The largest absolute Gasteiger partial charge is 0.487 e. The van der Waals surface area contributed by atoms with Crippen LogP contribution in [0.2, 0.25) is 0 Å². The fraction of sp³-hybridized carbons (Fsp3) is 0.286. The Bertz CT molecular complexity index is 449. The smallest absolute Gasteiger partial charge is 0.373 e. The number of esters is 1. The van der Waals surface area contributed by atoms with Crippen molar-refractivity contribution in [2.75, 3.05) is 13.2 Å². The summed E-state index contributed by atoms with van der Waals surface area (Å²) in [6.45, 7) is 4.18. The zero-order valence-corrected chi connectivity index (χ0v) is 10.5. The second kappa shape index (κ2) is 7.27. The number of rotatable bonds is 6. The fourth-order valence-electron chi connectivity index (χ4n) is 1.39. The van der Waals surface area contributed by atoms with E-state index in [1.54, 1.807) is 44.2 Å². The second-order valence-corrected chi connectivity index (χ2v) is 3.45. The lowest BCUT2D eigenvalue weighted by molar-refractivity contribution is -0.142. The van der Waals surface area contributed by atoms with Crippen molar-refractivity contribution in [2.24, 2.45) is 0 Å². The van der Waals surface area contributed by atoms with Crippen molar-refractivity contribution in [3.05, 3.63) is 41.2 Å². The maximum Gasteiger partial charge on any atom is 0.373 e. The molecule has 0 spiro atoms. The molecule has 4 heteroatoms. The Hall–Kier alpha value is -2.10. The van der Waals surface area contributed by atoms with Crippen LogP contribution in [0.4, 0.5) is 0 Å². The minimum absolute atomic E-state index is 0.141. The highest BCUT2D eigenvalue weighted by molar-refractivity contribution is 5.91. The maximum absolute atomic E-state index is 11.6. The summed E-state index contributed by atoms with van der Waals surface area (Å²) in [6.07, 6.45) is 2.32. The molecule has 0 aromatic heterocycles. The number of carbonyl (C=O) groups is 2. The molecule has 0 fully saturated rings. The van der Waals surface area contributed by atoms with E-state index in [1.807, 2.05) is 0 Å². The molecule has 0 aliphatic carbocycles. The van der Waals surface area contributed by atoms with E-state index in [9.17, 15) is 9.59 Å². The Labute approximate surface area is 106 Å². The average Bonchev–Trinajstić information content (AvgIpc) is 2.39. The number of ether oxygens (including phenoxy) is 2. The third-order valence-corrected chi connectivity index (χ3v) is 2.12. The van der Waals surface area contributed by atoms with Crippen LogP contribution in [0.5, 0.6) is 0 Å². The van der Waals surface area contributed by atoms with Gasteiger partial charge in [0.1, 0.15) is 6.29 Å². The Morgan fingerprint density at radius 3 is 2.44 bits per heavy atom. The van der Waals surface area contributed by atoms with Crippen molar-refractivity contribution >= 4 is 18.3 Å². The van der Waals surface area contributed by atoms with Gasteiger partial charge in [-0.2, -0.15) is 0 Å². The minimum Gasteiger partial charge on any atom is -0.487 e. The Kier molecular flexibility index (Phi) is 5.64. The molecule has 0 radical (unpaired) electrons. The number of hydrogen-bond donors (Lipinski definition) is 0. The molecule has 0 atom stereocenters. The average molecular weight is 248 g/mol. The van der Waals surface area contributed by atoms with Crippen molar-refractivity contribution in [1.29, 1.82) is 0 Å². The quantitative estimate of drug-likeness (QED) is 0.336. The molecule has 96 valence electrons. The first-order chi connectivity index (χ1) is 8.71. The Morgan fingerprint density at radius 2 is 1.83 bits per heavy atom. The van der Waals surface area contributed by atoms with Crippen LogP contribution in [0.1, 0.15) is 29.8 Å². The lowest BCUT2D eigenvalue weighted by atomic mass is 10.1. The van der Waals surface area contributed by atoms with Crippen LogP contribution in [0, 0.1) is 0 Å². The first-order valence-electron chi connectivity index (χ1n) is 5.78. The van der Waals surface area contributed by atoms with Crippen LogP contribution in [-0.2, 0) is 14.3 Å². The predicted molar refractivity (Wildman–Crippen MR) is 68.1 cm³/mol. The summed E-state index contributed by atoms with van der Waals surface area (Å²) in [5, 5.41) is 0. The van der Waals surface area contributed by atoms with Crippen molar-refractivity contribution in [3.8, 4) is 0 Å². The van der Waals surface area contributed by atoms with Gasteiger partial charge < -0.3 is 9.47 Å². The fourth-order valence-corrected chi connectivity index (χ4v) is 1.39. The predicted octanol–water partition coefficient (Wildman–Crippen LogP) is 2.44. The standard InChI is InChI=1S/C14H16O4/c1-3-17-13(14(16)18-4-2)9-11-6-5-7-12(8-11)10-15/h5-10H,3-4H2,1-2H3. The van der Waals surface area contributed by atoms with Crippen LogP contribution in [0.25, 0.3) is 6.08 Å². The van der Waals surface area contributed by atoms with Crippen LogP contribution in [0.15, 0.2) is 30.0 Å². The van der Waals surface area contributed by atoms with E-state index in [2.05, 4.69) is 0 Å². The van der Waals surface area contributed by atoms with Gasteiger partial charge >= 0.3 is 5.97 Å². The molecule has 0 saturated carbocycles. The van der Waals surface area contributed by atoms with Gasteiger partial charge in [-0.05, 0) is 31.6 Å². The van der Waals surface area contributed by atoms with E-state index in [0.29, 0.717) is 12.2 Å². The zero-order valence-electron chi connectivity index (χ0n) is 10.5. The third-order valence-electron chi connectivity index (χ3n) is 2.12. The first-order valence-corrected chi connectivity index (χ1v) is 5.78. The van der Waals surface area contributed by atoms with Crippen molar-refractivity contribution < 1.29 is 19.1 Å². The van der Waals surface area contributed by atoms with E-state index in [0.717, 1.165) is 11.8 Å². The van der Waals surface area contributed by atoms with Gasteiger partial charge in [0, 0.05) is 5.56 Å². The van der Waals surface area contributed by atoms with Crippen LogP contribution in [0.3, 0.4) is 0 Å². The van der Waals surface area contributed by atoms with Crippen molar-refractivity contribution in [2.45, 2.75) is 13.8 Å².